The second kappa shape index (κ2) is 9.83. The molecule has 3 rings (SSSR count). The van der Waals surface area contributed by atoms with E-state index in [-0.39, 0.29) is 6.10 Å². The van der Waals surface area contributed by atoms with Crippen molar-refractivity contribution < 1.29 is 5.11 Å². The van der Waals surface area contributed by atoms with Crippen molar-refractivity contribution in [3.63, 3.8) is 0 Å². The van der Waals surface area contributed by atoms with E-state index in [0.29, 0.717) is 5.02 Å². The number of aliphatic hydroxyl groups excluding tert-OH is 1. The predicted octanol–water partition coefficient (Wildman–Crippen LogP) is 3.89. The summed E-state index contributed by atoms with van der Waals surface area (Å²) in [5.74, 6) is 0.723. The molecule has 0 amide bonds. The van der Waals surface area contributed by atoms with E-state index in [2.05, 4.69) is 26.1 Å². The second-order valence-corrected chi connectivity index (χ2v) is 7.34. The van der Waals surface area contributed by atoms with Crippen LogP contribution in [0.25, 0.3) is 11.4 Å². The molecule has 0 spiro atoms. The van der Waals surface area contributed by atoms with Crippen molar-refractivity contribution in [1.29, 1.82) is 0 Å². The molecule has 5 nitrogen and oxygen atoms in total. The molecule has 1 aromatic carbocycles. The van der Waals surface area contributed by atoms with Crippen LogP contribution in [0.1, 0.15) is 19.3 Å². The number of allylic oxidation sites excluding steroid dienone is 2. The Morgan fingerprint density at radius 3 is 2.81 bits per heavy atom. The number of hydrogen-bond acceptors (Lipinski definition) is 6. The molecule has 0 fully saturated rings. The van der Waals surface area contributed by atoms with E-state index in [1.165, 1.54) is 17.1 Å². The van der Waals surface area contributed by atoms with Crippen LogP contribution < -0.4 is 10.6 Å². The van der Waals surface area contributed by atoms with Gasteiger partial charge in [-0.2, -0.15) is 9.36 Å². The third kappa shape index (κ3) is 5.92. The van der Waals surface area contributed by atoms with Crippen molar-refractivity contribution in [3.05, 3.63) is 53.1 Å². The minimum Gasteiger partial charge on any atom is -0.389 e. The maximum atomic E-state index is 9.40. The van der Waals surface area contributed by atoms with E-state index >= 15 is 0 Å². The average molecular weight is 391 g/mol. The van der Waals surface area contributed by atoms with Gasteiger partial charge < -0.3 is 15.7 Å². The second-order valence-electron chi connectivity index (χ2n) is 6.15. The van der Waals surface area contributed by atoms with Crippen LogP contribution in [-0.4, -0.2) is 40.2 Å². The standard InChI is InChI=1S/C19H23ClN4OS/c20-16-7-5-15(6-8-16)18-23-19(26-24-18)22-13-12-21-11-1-2-14-3-9-17(25)10-4-14/h3-9,17,21,25H,1-2,10-13H2,(H,22,23,24). The molecule has 1 aliphatic carbocycles. The van der Waals surface area contributed by atoms with Crippen LogP contribution in [0.4, 0.5) is 5.13 Å². The Morgan fingerprint density at radius 2 is 2.04 bits per heavy atom. The fraction of sp³-hybridized carbons (Fsp3) is 0.368. The monoisotopic (exact) mass is 390 g/mol. The van der Waals surface area contributed by atoms with Gasteiger partial charge in [0.1, 0.15) is 0 Å². The first-order valence-corrected chi connectivity index (χ1v) is 9.95. The van der Waals surface area contributed by atoms with E-state index in [9.17, 15) is 5.11 Å². The quantitative estimate of drug-likeness (QED) is 0.567. The molecular formula is C19H23ClN4OS. The highest BCUT2D eigenvalue weighted by molar-refractivity contribution is 7.09. The van der Waals surface area contributed by atoms with Gasteiger partial charge in [0.05, 0.1) is 6.10 Å². The number of benzene rings is 1. The molecule has 0 radical (unpaired) electrons. The van der Waals surface area contributed by atoms with Crippen LogP contribution in [0.15, 0.2) is 48.1 Å². The van der Waals surface area contributed by atoms with Crippen molar-refractivity contribution >= 4 is 28.3 Å². The molecule has 1 aromatic heterocycles. The first-order chi connectivity index (χ1) is 12.7. The van der Waals surface area contributed by atoms with Crippen molar-refractivity contribution in [2.24, 2.45) is 0 Å². The molecule has 1 atom stereocenters. The van der Waals surface area contributed by atoms with Gasteiger partial charge in [-0.15, -0.1) is 0 Å². The Balaban J connectivity index is 1.30. The lowest BCUT2D eigenvalue weighted by atomic mass is 10.0. The highest BCUT2D eigenvalue weighted by atomic mass is 35.5. The van der Waals surface area contributed by atoms with E-state index in [4.69, 9.17) is 11.6 Å². The molecule has 0 saturated carbocycles. The lowest BCUT2D eigenvalue weighted by molar-refractivity contribution is 0.225. The zero-order chi connectivity index (χ0) is 18.2. The summed E-state index contributed by atoms with van der Waals surface area (Å²) in [6, 6.07) is 7.53. The Kier molecular flexibility index (Phi) is 7.20. The Bertz CT molecular complexity index is 757. The maximum absolute atomic E-state index is 9.40. The summed E-state index contributed by atoms with van der Waals surface area (Å²) < 4.78 is 4.38. The number of hydrogen-bond donors (Lipinski definition) is 3. The molecular weight excluding hydrogens is 368 g/mol. The Morgan fingerprint density at radius 1 is 1.19 bits per heavy atom. The van der Waals surface area contributed by atoms with Crippen molar-refractivity contribution in [2.45, 2.75) is 25.4 Å². The summed E-state index contributed by atoms with van der Waals surface area (Å²) in [5.41, 5.74) is 2.29. The lowest BCUT2D eigenvalue weighted by Crippen LogP contribution is -2.23. The van der Waals surface area contributed by atoms with Crippen molar-refractivity contribution in [1.82, 2.24) is 14.7 Å². The fourth-order valence-electron chi connectivity index (χ4n) is 2.65. The van der Waals surface area contributed by atoms with Gasteiger partial charge in [-0.05, 0) is 50.1 Å². The van der Waals surface area contributed by atoms with E-state index in [0.717, 1.165) is 55.4 Å². The summed E-state index contributed by atoms with van der Waals surface area (Å²) in [5, 5.41) is 17.7. The molecule has 138 valence electrons. The first-order valence-electron chi connectivity index (χ1n) is 8.80. The molecule has 26 heavy (non-hydrogen) atoms. The average Bonchev–Trinajstić information content (AvgIpc) is 3.12. The van der Waals surface area contributed by atoms with Crippen LogP contribution in [0.3, 0.4) is 0 Å². The van der Waals surface area contributed by atoms with E-state index in [1.54, 1.807) is 0 Å². The summed E-state index contributed by atoms with van der Waals surface area (Å²) in [6.07, 6.45) is 8.60. The first kappa shape index (κ1) is 19.0. The van der Waals surface area contributed by atoms with Crippen LogP contribution in [-0.2, 0) is 0 Å². The Hall–Kier alpha value is -1.73. The zero-order valence-electron chi connectivity index (χ0n) is 14.5. The molecule has 2 aromatic rings. The van der Waals surface area contributed by atoms with Crippen LogP contribution in [0.5, 0.6) is 0 Å². The van der Waals surface area contributed by atoms with Gasteiger partial charge in [0.2, 0.25) is 5.13 Å². The van der Waals surface area contributed by atoms with E-state index in [1.807, 2.05) is 36.4 Å². The zero-order valence-corrected chi connectivity index (χ0v) is 16.1. The SMILES string of the molecule is OC1C=CC(CCCNCCNc2nc(-c3ccc(Cl)cc3)ns2)=CC1. The Labute approximate surface area is 163 Å². The number of aliphatic hydroxyl groups is 1. The smallest absolute Gasteiger partial charge is 0.202 e. The summed E-state index contributed by atoms with van der Waals surface area (Å²) >= 11 is 7.27. The van der Waals surface area contributed by atoms with Gasteiger partial charge in [0.15, 0.2) is 5.82 Å². The van der Waals surface area contributed by atoms with Crippen LogP contribution >= 0.6 is 23.1 Å². The molecule has 1 unspecified atom stereocenters. The minimum absolute atomic E-state index is 0.302. The number of halogens is 1. The summed E-state index contributed by atoms with van der Waals surface area (Å²) in [7, 11) is 0. The molecule has 0 bridgehead atoms. The third-order valence-electron chi connectivity index (χ3n) is 4.08. The number of anilines is 1. The van der Waals surface area contributed by atoms with Crippen LogP contribution in [0.2, 0.25) is 5.02 Å². The molecule has 0 aliphatic heterocycles. The van der Waals surface area contributed by atoms with Gasteiger partial charge in [-0.3, -0.25) is 0 Å². The molecule has 1 heterocycles. The third-order valence-corrected chi connectivity index (χ3v) is 5.00. The summed E-state index contributed by atoms with van der Waals surface area (Å²) in [4.78, 5) is 4.50. The molecule has 0 saturated heterocycles. The number of aromatic nitrogens is 2. The highest BCUT2D eigenvalue weighted by Gasteiger charge is 2.06. The normalized spacial score (nSPS) is 16.5. The van der Waals surface area contributed by atoms with Crippen molar-refractivity contribution in [2.75, 3.05) is 25.0 Å². The minimum atomic E-state index is -0.302. The van der Waals surface area contributed by atoms with Gasteiger partial charge in [-0.25, -0.2) is 0 Å². The molecule has 3 N–H and O–H groups in total. The van der Waals surface area contributed by atoms with Gasteiger partial charge >= 0.3 is 0 Å². The molecule has 1 aliphatic rings. The number of nitrogens with zero attached hydrogens (tertiary/aromatic N) is 2. The van der Waals surface area contributed by atoms with Gasteiger partial charge in [0.25, 0.3) is 0 Å². The number of rotatable bonds is 9. The largest absolute Gasteiger partial charge is 0.389 e. The molecule has 7 heteroatoms. The lowest BCUT2D eigenvalue weighted by Gasteiger charge is -2.11. The topological polar surface area (TPSA) is 70.1 Å². The predicted molar refractivity (Wildman–Crippen MR) is 109 cm³/mol. The van der Waals surface area contributed by atoms with Gasteiger partial charge in [0, 0.05) is 35.2 Å². The number of nitrogens with one attached hydrogen (secondary N) is 2. The fourth-order valence-corrected chi connectivity index (χ4v) is 3.39. The maximum Gasteiger partial charge on any atom is 0.202 e. The van der Waals surface area contributed by atoms with E-state index < -0.39 is 0 Å². The highest BCUT2D eigenvalue weighted by Crippen LogP contribution is 2.22. The van der Waals surface area contributed by atoms with Gasteiger partial charge in [-0.1, -0.05) is 35.4 Å². The summed E-state index contributed by atoms with van der Waals surface area (Å²) in [6.45, 7) is 2.66. The van der Waals surface area contributed by atoms with Crippen LogP contribution in [0, 0.1) is 0 Å². The van der Waals surface area contributed by atoms with Crippen molar-refractivity contribution in [3.8, 4) is 11.4 Å².